The monoisotopic (exact) mass is 326 g/mol. The van der Waals surface area contributed by atoms with Crippen molar-refractivity contribution in [3.05, 3.63) is 18.2 Å². The van der Waals surface area contributed by atoms with Crippen molar-refractivity contribution in [1.29, 1.82) is 5.26 Å². The number of sulfonamides is 1. The summed E-state index contributed by atoms with van der Waals surface area (Å²) < 4.78 is 27.4. The molecule has 22 heavy (non-hydrogen) atoms. The quantitative estimate of drug-likeness (QED) is 0.808. The molecule has 0 aliphatic carbocycles. The molecule has 3 N–H and O–H groups in total. The van der Waals surface area contributed by atoms with Crippen LogP contribution in [0.15, 0.2) is 23.1 Å². The van der Waals surface area contributed by atoms with Crippen LogP contribution >= 0.6 is 0 Å². The fourth-order valence-corrected chi connectivity index (χ4v) is 2.75. The Morgan fingerprint density at radius 2 is 2.05 bits per heavy atom. The predicted molar refractivity (Wildman–Crippen MR) is 85.0 cm³/mol. The third-order valence-corrected chi connectivity index (χ3v) is 4.03. The highest BCUT2D eigenvalue weighted by Crippen LogP contribution is 2.25. The van der Waals surface area contributed by atoms with Gasteiger partial charge in [-0.15, -0.1) is 0 Å². The Morgan fingerprint density at radius 1 is 1.41 bits per heavy atom. The molecule has 1 aliphatic rings. The van der Waals surface area contributed by atoms with Crippen LogP contribution in [0, 0.1) is 11.5 Å². The molecule has 1 aromatic carbocycles. The van der Waals surface area contributed by atoms with Gasteiger partial charge in [0.25, 0.3) is 0 Å². The number of hydrogen-bond acceptors (Lipinski definition) is 6. The molecule has 8 heteroatoms. The number of primary sulfonamides is 1. The number of methoxy groups -OCH3 is 1. The van der Waals surface area contributed by atoms with Gasteiger partial charge in [0.1, 0.15) is 10.6 Å². The normalized spacial score (nSPS) is 13.8. The third-order valence-electron chi connectivity index (χ3n) is 3.10. The highest BCUT2D eigenvalue weighted by atomic mass is 32.2. The van der Waals surface area contributed by atoms with Gasteiger partial charge >= 0.3 is 0 Å². The summed E-state index contributed by atoms with van der Waals surface area (Å²) in [6, 6.07) is 4.76. The van der Waals surface area contributed by atoms with Crippen molar-refractivity contribution >= 4 is 15.7 Å². The fraction of sp³-hybridized carbons (Fsp3) is 0.500. The Balaban J connectivity index is 0.000000287. The largest absolute Gasteiger partial charge is 0.495 e. The Hall–Kier alpha value is -1.98. The minimum Gasteiger partial charge on any atom is -0.495 e. The molecular formula is C14H22N4O3S. The maximum atomic E-state index is 11.2. The Kier molecular flexibility index (Phi) is 6.95. The predicted octanol–water partition coefficient (Wildman–Crippen LogP) is 1.34. The smallest absolute Gasteiger partial charge is 0.241 e. The van der Waals surface area contributed by atoms with Crippen LogP contribution in [0.1, 0.15) is 19.8 Å². The maximum Gasteiger partial charge on any atom is 0.241 e. The number of nitrogens with two attached hydrogens (primary N) is 1. The number of rotatable bonds is 4. The summed E-state index contributed by atoms with van der Waals surface area (Å²) in [5.41, 5.74) is 0.697. The lowest BCUT2D eigenvalue weighted by molar-refractivity contribution is 0.403. The minimum atomic E-state index is -3.75. The molecule has 122 valence electrons. The van der Waals surface area contributed by atoms with Gasteiger partial charge < -0.3 is 15.0 Å². The number of nitrogens with zero attached hydrogens (tertiary/aromatic N) is 2. The van der Waals surface area contributed by atoms with Gasteiger partial charge in [0.2, 0.25) is 10.0 Å². The number of hydrogen-bond donors (Lipinski definition) is 2. The Labute approximate surface area is 131 Å². The average molecular weight is 326 g/mol. The van der Waals surface area contributed by atoms with Crippen molar-refractivity contribution in [3.8, 4) is 11.9 Å². The Morgan fingerprint density at radius 3 is 2.45 bits per heavy atom. The molecule has 0 aromatic heterocycles. The lowest BCUT2D eigenvalue weighted by atomic mass is 10.3. The highest BCUT2D eigenvalue weighted by molar-refractivity contribution is 7.89. The van der Waals surface area contributed by atoms with E-state index in [-0.39, 0.29) is 10.6 Å². The fourth-order valence-electron chi connectivity index (χ4n) is 2.03. The summed E-state index contributed by atoms with van der Waals surface area (Å²) in [6.07, 6.45) is 4.50. The molecule has 1 fully saturated rings. The van der Waals surface area contributed by atoms with Gasteiger partial charge in [-0.25, -0.2) is 13.6 Å². The zero-order valence-corrected chi connectivity index (χ0v) is 13.7. The van der Waals surface area contributed by atoms with E-state index < -0.39 is 10.0 Å². The van der Waals surface area contributed by atoms with E-state index in [1.807, 2.05) is 6.92 Å². The van der Waals surface area contributed by atoms with E-state index in [4.69, 9.17) is 15.1 Å². The number of nitrogens with one attached hydrogen (secondary N) is 1. The second-order valence-corrected chi connectivity index (χ2v) is 6.26. The topological polar surface area (TPSA) is 108 Å². The van der Waals surface area contributed by atoms with Crippen LogP contribution in [-0.4, -0.2) is 40.1 Å². The first kappa shape index (κ1) is 18.1. The summed E-state index contributed by atoms with van der Waals surface area (Å²) >= 11 is 0. The molecule has 0 spiro atoms. The first-order valence-electron chi connectivity index (χ1n) is 7.01. The lowest BCUT2D eigenvalue weighted by Crippen LogP contribution is -2.14. The van der Waals surface area contributed by atoms with E-state index in [1.165, 1.54) is 26.0 Å². The molecule has 0 radical (unpaired) electrons. The van der Waals surface area contributed by atoms with E-state index in [1.54, 1.807) is 17.0 Å². The van der Waals surface area contributed by atoms with Crippen molar-refractivity contribution in [2.75, 3.05) is 32.1 Å². The van der Waals surface area contributed by atoms with Crippen molar-refractivity contribution in [3.63, 3.8) is 0 Å². The van der Waals surface area contributed by atoms with Gasteiger partial charge in [-0.1, -0.05) is 0 Å². The third kappa shape index (κ3) is 5.42. The summed E-state index contributed by atoms with van der Waals surface area (Å²) in [5, 5.41) is 16.3. The van der Waals surface area contributed by atoms with Crippen LogP contribution in [0.3, 0.4) is 0 Å². The summed E-state index contributed by atoms with van der Waals surface area (Å²) in [7, 11) is -2.35. The van der Waals surface area contributed by atoms with Crippen molar-refractivity contribution in [2.45, 2.75) is 24.7 Å². The molecule has 7 nitrogen and oxygen atoms in total. The zero-order valence-electron chi connectivity index (χ0n) is 12.9. The Bertz CT molecular complexity index is 619. The molecular weight excluding hydrogens is 304 g/mol. The first-order chi connectivity index (χ1) is 10.4. The van der Waals surface area contributed by atoms with Crippen LogP contribution in [0.4, 0.5) is 5.69 Å². The second-order valence-electron chi connectivity index (χ2n) is 4.74. The van der Waals surface area contributed by atoms with Crippen molar-refractivity contribution in [2.24, 2.45) is 5.14 Å². The van der Waals surface area contributed by atoms with Crippen LogP contribution < -0.4 is 15.2 Å². The van der Waals surface area contributed by atoms with Gasteiger partial charge in [0.05, 0.1) is 7.11 Å². The molecule has 1 saturated heterocycles. The molecule has 0 amide bonds. The van der Waals surface area contributed by atoms with Gasteiger partial charge in [0, 0.05) is 25.3 Å². The standard InChI is InChI=1S/C9H14N2O3S.C5H8N2/c1-3-11-7-4-5-8(14-2)9(6-7)15(10,12)13;6-5-7-3-1-2-4-7/h4-6,11H,3H2,1-2H3,(H2,10,12,13);1-4H2. The number of likely N-dealkylation sites (tertiary alicyclic amines) is 1. The van der Waals surface area contributed by atoms with Gasteiger partial charge in [-0.05, 0) is 38.0 Å². The van der Waals surface area contributed by atoms with Gasteiger partial charge in [0.15, 0.2) is 6.19 Å². The molecule has 1 aliphatic heterocycles. The molecule has 1 aromatic rings. The molecule has 1 heterocycles. The number of anilines is 1. The highest BCUT2D eigenvalue weighted by Gasteiger charge is 2.15. The first-order valence-corrected chi connectivity index (χ1v) is 8.56. The zero-order chi connectivity index (χ0) is 16.6. The molecule has 0 unspecified atom stereocenters. The van der Waals surface area contributed by atoms with E-state index in [0.29, 0.717) is 12.2 Å². The number of ether oxygens (including phenoxy) is 1. The van der Waals surface area contributed by atoms with Gasteiger partial charge in [-0.3, -0.25) is 0 Å². The van der Waals surface area contributed by atoms with E-state index in [0.717, 1.165) is 13.1 Å². The van der Waals surface area contributed by atoms with Crippen LogP contribution in [0.5, 0.6) is 5.75 Å². The minimum absolute atomic E-state index is 0.0107. The molecule has 0 bridgehead atoms. The van der Waals surface area contributed by atoms with E-state index in [2.05, 4.69) is 11.5 Å². The summed E-state index contributed by atoms with van der Waals surface area (Å²) in [4.78, 5) is 1.78. The van der Waals surface area contributed by atoms with Crippen molar-refractivity contribution in [1.82, 2.24) is 4.90 Å². The molecule has 0 saturated carbocycles. The molecule has 0 atom stereocenters. The van der Waals surface area contributed by atoms with Crippen LogP contribution in [-0.2, 0) is 10.0 Å². The maximum absolute atomic E-state index is 11.2. The van der Waals surface area contributed by atoms with Gasteiger partial charge in [-0.2, -0.15) is 5.26 Å². The average Bonchev–Trinajstić information content (AvgIpc) is 3.01. The summed E-state index contributed by atoms with van der Waals surface area (Å²) in [5.74, 6) is 0.249. The van der Waals surface area contributed by atoms with E-state index >= 15 is 0 Å². The lowest BCUT2D eigenvalue weighted by Gasteiger charge is -2.09. The van der Waals surface area contributed by atoms with Crippen molar-refractivity contribution < 1.29 is 13.2 Å². The summed E-state index contributed by atoms with van der Waals surface area (Å²) in [6.45, 7) is 4.59. The van der Waals surface area contributed by atoms with Crippen LogP contribution in [0.25, 0.3) is 0 Å². The number of nitriles is 1. The molecule has 2 rings (SSSR count). The SMILES string of the molecule is CCNc1ccc(OC)c(S(N)(=O)=O)c1.N#CN1CCCC1. The van der Waals surface area contributed by atoms with Crippen LogP contribution in [0.2, 0.25) is 0 Å². The second kappa shape index (κ2) is 8.46. The van der Waals surface area contributed by atoms with E-state index in [9.17, 15) is 8.42 Å². The number of benzene rings is 1.